The molecule has 3 saturated heterocycles. The third-order valence-corrected chi connectivity index (χ3v) is 9.96. The number of aliphatic hydroxyl groups excluding tert-OH is 1. The Bertz CT molecular complexity index is 1110. The monoisotopic (exact) mass is 521 g/mol. The Hall–Kier alpha value is -2.84. The minimum Gasteiger partial charge on any atom is -0.396 e. The van der Waals surface area contributed by atoms with Gasteiger partial charge in [-0.2, -0.15) is 0 Å². The summed E-state index contributed by atoms with van der Waals surface area (Å²) in [6.45, 7) is 1.06. The lowest BCUT2D eigenvalue weighted by atomic mass is 9.70. The van der Waals surface area contributed by atoms with Crippen LogP contribution in [0.1, 0.15) is 44.1 Å². The number of thioether (sulfide) groups is 1. The van der Waals surface area contributed by atoms with Crippen molar-refractivity contribution in [2.75, 3.05) is 18.5 Å². The molecule has 0 saturated carbocycles. The minimum atomic E-state index is -0.587. The molecule has 8 heteroatoms. The lowest BCUT2D eigenvalue weighted by Crippen LogP contribution is -2.53. The van der Waals surface area contributed by atoms with Crippen LogP contribution in [-0.4, -0.2) is 56.9 Å². The van der Waals surface area contributed by atoms with E-state index in [-0.39, 0.29) is 29.6 Å². The van der Waals surface area contributed by atoms with E-state index < -0.39 is 22.6 Å². The molecular weight excluding hydrogens is 486 g/mol. The van der Waals surface area contributed by atoms with Crippen molar-refractivity contribution in [3.63, 3.8) is 0 Å². The Morgan fingerprint density at radius 2 is 1.68 bits per heavy atom. The number of amides is 3. The van der Waals surface area contributed by atoms with Crippen LogP contribution in [0.5, 0.6) is 0 Å². The molecule has 0 radical (unpaired) electrons. The van der Waals surface area contributed by atoms with Gasteiger partial charge in [0, 0.05) is 30.6 Å². The van der Waals surface area contributed by atoms with Crippen molar-refractivity contribution in [2.45, 2.75) is 61.1 Å². The van der Waals surface area contributed by atoms with Gasteiger partial charge in [0.25, 0.3) is 0 Å². The number of hydrogen-bond acceptors (Lipinski definition) is 5. The van der Waals surface area contributed by atoms with Crippen LogP contribution in [0.3, 0.4) is 0 Å². The first-order valence-corrected chi connectivity index (χ1v) is 14.2. The second kappa shape index (κ2) is 11.3. The Kier molecular flexibility index (Phi) is 7.86. The van der Waals surface area contributed by atoms with Crippen LogP contribution in [0.15, 0.2) is 60.7 Å². The first kappa shape index (κ1) is 25.8. The Morgan fingerprint density at radius 3 is 2.41 bits per heavy atom. The highest BCUT2D eigenvalue weighted by Gasteiger charge is 2.73. The van der Waals surface area contributed by atoms with Crippen molar-refractivity contribution in [3.8, 4) is 0 Å². The summed E-state index contributed by atoms with van der Waals surface area (Å²) in [5.41, 5.74) is 1.73. The molecule has 0 aromatic heterocycles. The fraction of sp³-hybridized carbons (Fsp3) is 0.483. The second-order valence-corrected chi connectivity index (χ2v) is 11.9. The van der Waals surface area contributed by atoms with Crippen LogP contribution in [0.4, 0.5) is 5.69 Å². The van der Waals surface area contributed by atoms with E-state index in [2.05, 4.69) is 10.6 Å². The number of nitrogens with one attached hydrogen (secondary N) is 2. The maximum atomic E-state index is 14.0. The lowest BCUT2D eigenvalue weighted by molar-refractivity contribution is -0.139. The summed E-state index contributed by atoms with van der Waals surface area (Å²) in [4.78, 5) is 43.0. The molecule has 3 aliphatic rings. The maximum absolute atomic E-state index is 14.0. The topological polar surface area (TPSA) is 98.7 Å². The molecule has 0 aliphatic carbocycles. The number of fused-ring (bicyclic) bond motifs is 1. The summed E-state index contributed by atoms with van der Waals surface area (Å²) in [6, 6.07) is 18.5. The van der Waals surface area contributed by atoms with E-state index in [1.807, 2.05) is 60.7 Å². The molecule has 5 rings (SSSR count). The average molecular weight is 522 g/mol. The molecule has 3 N–H and O–H groups in total. The zero-order valence-electron chi connectivity index (χ0n) is 21.0. The van der Waals surface area contributed by atoms with Crippen LogP contribution >= 0.6 is 11.8 Å². The fourth-order valence-corrected chi connectivity index (χ4v) is 8.59. The van der Waals surface area contributed by atoms with Crippen LogP contribution in [-0.2, 0) is 20.9 Å². The second-order valence-electron chi connectivity index (χ2n) is 10.3. The highest BCUT2D eigenvalue weighted by atomic mass is 32.2. The molecule has 3 amide bonds. The first-order chi connectivity index (χ1) is 18.0. The van der Waals surface area contributed by atoms with Gasteiger partial charge in [0.2, 0.25) is 17.7 Å². The largest absolute Gasteiger partial charge is 0.396 e. The Morgan fingerprint density at radius 1 is 0.973 bits per heavy atom. The van der Waals surface area contributed by atoms with Gasteiger partial charge in [-0.1, -0.05) is 61.4 Å². The molecule has 3 aliphatic heterocycles. The van der Waals surface area contributed by atoms with Gasteiger partial charge in [-0.05, 0) is 43.4 Å². The van der Waals surface area contributed by atoms with E-state index in [0.717, 1.165) is 49.8 Å². The maximum Gasteiger partial charge on any atom is 0.244 e. The predicted octanol–water partition coefficient (Wildman–Crippen LogP) is 3.59. The molecular formula is C29H35N3O4S. The van der Waals surface area contributed by atoms with Crippen LogP contribution < -0.4 is 10.6 Å². The highest BCUT2D eigenvalue weighted by molar-refractivity contribution is 8.02. The van der Waals surface area contributed by atoms with Gasteiger partial charge in [0.15, 0.2) is 0 Å². The molecule has 3 fully saturated rings. The van der Waals surface area contributed by atoms with Crippen molar-refractivity contribution in [1.82, 2.24) is 10.2 Å². The van der Waals surface area contributed by atoms with Gasteiger partial charge < -0.3 is 20.6 Å². The van der Waals surface area contributed by atoms with Gasteiger partial charge in [-0.25, -0.2) is 0 Å². The fourth-order valence-electron chi connectivity index (χ4n) is 6.37. The van der Waals surface area contributed by atoms with Crippen LogP contribution in [0.25, 0.3) is 0 Å². The molecule has 2 aromatic rings. The molecule has 37 heavy (non-hydrogen) atoms. The molecule has 3 heterocycles. The predicted molar refractivity (Wildman–Crippen MR) is 145 cm³/mol. The third-order valence-electron chi connectivity index (χ3n) is 8.01. The van der Waals surface area contributed by atoms with E-state index >= 15 is 0 Å². The van der Waals surface area contributed by atoms with Gasteiger partial charge in [-0.15, -0.1) is 11.8 Å². The number of likely N-dealkylation sites (tertiary alicyclic amines) is 1. The molecule has 2 aromatic carbocycles. The van der Waals surface area contributed by atoms with Gasteiger partial charge >= 0.3 is 0 Å². The molecule has 5 atom stereocenters. The molecule has 2 bridgehead atoms. The summed E-state index contributed by atoms with van der Waals surface area (Å²) in [6.07, 6.45) is 4.87. The van der Waals surface area contributed by atoms with Crippen LogP contribution in [0.2, 0.25) is 0 Å². The van der Waals surface area contributed by atoms with E-state index in [9.17, 15) is 14.4 Å². The van der Waals surface area contributed by atoms with E-state index in [4.69, 9.17) is 5.11 Å². The number of carbonyl (C=O) groups is 3. The lowest BCUT2D eigenvalue weighted by Gasteiger charge is -2.34. The molecule has 196 valence electrons. The number of hydrogen-bond donors (Lipinski definition) is 3. The normalized spacial score (nSPS) is 27.8. The van der Waals surface area contributed by atoms with Crippen molar-refractivity contribution < 1.29 is 19.5 Å². The summed E-state index contributed by atoms with van der Waals surface area (Å²) in [5.74, 6) is -1.27. The number of nitrogens with zero attached hydrogens (tertiary/aromatic N) is 1. The number of unbranched alkanes of at least 4 members (excludes halogenated alkanes) is 3. The number of anilines is 1. The molecule has 7 nitrogen and oxygen atoms in total. The SMILES string of the molecule is O=C(NCc1ccccc1)C1N(CCCCCCO)C(=O)[C@@H]2[C@H](C(=O)Nc3ccccc3)[C@@H]3CCC12S3. The van der Waals surface area contributed by atoms with Crippen molar-refractivity contribution >= 4 is 35.2 Å². The summed E-state index contributed by atoms with van der Waals surface area (Å²) < 4.78 is -0.577. The quantitative estimate of drug-likeness (QED) is 0.393. The number of para-hydroxylation sites is 1. The number of aliphatic hydroxyl groups is 1. The summed E-state index contributed by atoms with van der Waals surface area (Å²) >= 11 is 1.69. The molecule has 2 unspecified atom stereocenters. The van der Waals surface area contributed by atoms with Crippen molar-refractivity contribution in [3.05, 3.63) is 66.2 Å². The number of carbonyl (C=O) groups excluding carboxylic acids is 3. The van der Waals surface area contributed by atoms with E-state index in [0.29, 0.717) is 13.1 Å². The first-order valence-electron chi connectivity index (χ1n) is 13.3. The Balaban J connectivity index is 1.38. The number of rotatable bonds is 11. The highest BCUT2D eigenvalue weighted by Crippen LogP contribution is 2.66. The van der Waals surface area contributed by atoms with Crippen LogP contribution in [0, 0.1) is 11.8 Å². The van der Waals surface area contributed by atoms with Gasteiger partial charge in [-0.3, -0.25) is 14.4 Å². The average Bonchev–Trinajstić information content (AvgIpc) is 3.56. The smallest absolute Gasteiger partial charge is 0.244 e. The van der Waals surface area contributed by atoms with Crippen molar-refractivity contribution in [2.24, 2.45) is 11.8 Å². The summed E-state index contributed by atoms with van der Waals surface area (Å²) in [5, 5.41) is 15.3. The molecule has 1 spiro atoms. The summed E-state index contributed by atoms with van der Waals surface area (Å²) in [7, 11) is 0. The van der Waals surface area contributed by atoms with Crippen molar-refractivity contribution in [1.29, 1.82) is 0 Å². The third kappa shape index (κ3) is 5.01. The van der Waals surface area contributed by atoms with E-state index in [1.165, 1.54) is 0 Å². The zero-order chi connectivity index (χ0) is 25.8. The standard InChI is InChI=1S/C29H35N3O4S/c33-18-10-2-1-9-17-32-25(27(35)30-19-20-11-5-3-6-12-20)29-16-15-22(37-29)23(24(29)28(32)36)26(34)31-21-13-7-4-8-14-21/h3-8,11-14,22-25,33H,1-2,9-10,15-19H2,(H,30,35)(H,31,34)/t22-,23+,24-,25?,29?/m0/s1. The number of benzene rings is 2. The zero-order valence-corrected chi connectivity index (χ0v) is 21.8. The van der Waals surface area contributed by atoms with E-state index in [1.54, 1.807) is 16.7 Å². The Labute approximate surface area is 222 Å². The van der Waals surface area contributed by atoms with Gasteiger partial charge in [0.05, 0.1) is 16.6 Å². The minimum absolute atomic E-state index is 0.0359. The van der Waals surface area contributed by atoms with Gasteiger partial charge in [0.1, 0.15) is 6.04 Å².